The summed E-state index contributed by atoms with van der Waals surface area (Å²) in [5, 5.41) is 10.3. The maximum Gasteiger partial charge on any atom is 0.325 e. The number of aryl methyl sites for hydroxylation is 1. The van der Waals surface area contributed by atoms with E-state index in [4.69, 9.17) is 19.0 Å². The number of nitrogens with zero attached hydrogens (tertiary/aromatic N) is 1. The zero-order chi connectivity index (χ0) is 18.7. The summed E-state index contributed by atoms with van der Waals surface area (Å²) < 4.78 is 16.6. The van der Waals surface area contributed by atoms with E-state index in [0.717, 1.165) is 16.5 Å². The van der Waals surface area contributed by atoms with Gasteiger partial charge < -0.3 is 19.0 Å². The zero-order valence-corrected chi connectivity index (χ0v) is 14.8. The highest BCUT2D eigenvalue weighted by atomic mass is 16.5. The summed E-state index contributed by atoms with van der Waals surface area (Å²) in [4.78, 5) is 15.2. The molecule has 0 fully saturated rings. The molecule has 0 saturated carbocycles. The number of hydrogen-bond donors (Lipinski definition) is 1. The summed E-state index contributed by atoms with van der Waals surface area (Å²) >= 11 is 0. The molecule has 6 nitrogen and oxygen atoms in total. The molecule has 0 radical (unpaired) electrons. The van der Waals surface area contributed by atoms with Crippen LogP contribution < -0.4 is 14.8 Å². The van der Waals surface area contributed by atoms with Crippen LogP contribution in [0.1, 0.15) is 5.56 Å². The fourth-order valence-corrected chi connectivity index (χ4v) is 2.70. The number of fused-ring (bicyclic) bond motifs is 1. The quantitative estimate of drug-likeness (QED) is 0.760. The molecule has 0 amide bonds. The molecule has 0 aliphatic heterocycles. The molecule has 2 aromatic carbocycles. The lowest BCUT2D eigenvalue weighted by Gasteiger charge is -2.10. The van der Waals surface area contributed by atoms with Crippen molar-refractivity contribution in [3.8, 4) is 22.8 Å². The third-order valence-electron chi connectivity index (χ3n) is 3.95. The van der Waals surface area contributed by atoms with Crippen LogP contribution in [-0.2, 0) is 4.79 Å². The van der Waals surface area contributed by atoms with Gasteiger partial charge in [0.1, 0.15) is 17.9 Å². The average Bonchev–Trinajstić information content (AvgIpc) is 2.65. The van der Waals surface area contributed by atoms with E-state index < -0.39 is 5.97 Å². The molecule has 1 heterocycles. The summed E-state index contributed by atoms with van der Waals surface area (Å²) in [7, 11) is 3.14. The summed E-state index contributed by atoms with van der Waals surface area (Å²) in [6.07, 6.45) is 0. The van der Waals surface area contributed by atoms with Crippen molar-refractivity contribution in [3.63, 3.8) is 0 Å². The van der Waals surface area contributed by atoms with Crippen LogP contribution >= 0.6 is 0 Å². The first-order valence-electron chi connectivity index (χ1n) is 8.01. The van der Waals surface area contributed by atoms with Crippen LogP contribution in [0.4, 0.5) is 0 Å². The summed E-state index contributed by atoms with van der Waals surface area (Å²) in [5.74, 6) is 0.766. The van der Waals surface area contributed by atoms with Crippen molar-refractivity contribution in [2.45, 2.75) is 6.92 Å². The molecular weight excluding hydrogens is 334 g/mol. The first-order chi connectivity index (χ1) is 12.5. The Morgan fingerprint density at radius 1 is 1.08 bits per heavy atom. The topological polar surface area (TPSA) is 81.3 Å². The molecule has 0 bridgehead atoms. The summed E-state index contributed by atoms with van der Waals surface area (Å²) in [6.45, 7) is 1.65. The Hall–Kier alpha value is -3.28. The highest BCUT2D eigenvalue weighted by Crippen LogP contribution is 2.32. The van der Waals surface area contributed by atoms with E-state index >= 15 is 0 Å². The number of aliphatic carboxylic acids is 1. The maximum atomic E-state index is 10.9. The minimum absolute atomic E-state index is 0.307. The number of ether oxygens (including phenoxy) is 2. The maximum absolute atomic E-state index is 10.9. The molecule has 1 aromatic heterocycles. The van der Waals surface area contributed by atoms with Crippen LogP contribution in [-0.4, -0.2) is 31.8 Å². The van der Waals surface area contributed by atoms with Crippen LogP contribution in [0.2, 0.25) is 0 Å². The molecule has 0 atom stereocenters. The van der Waals surface area contributed by atoms with Gasteiger partial charge in [-0.1, -0.05) is 11.6 Å². The van der Waals surface area contributed by atoms with Gasteiger partial charge in [-0.25, -0.2) is 0 Å². The Labute approximate surface area is 150 Å². The van der Waals surface area contributed by atoms with Crippen molar-refractivity contribution in [1.29, 1.82) is 0 Å². The minimum Gasteiger partial charge on any atom is -0.493 e. The van der Waals surface area contributed by atoms with Gasteiger partial charge in [0.25, 0.3) is 0 Å². The van der Waals surface area contributed by atoms with Crippen molar-refractivity contribution in [1.82, 2.24) is 0 Å². The van der Waals surface area contributed by atoms with Crippen molar-refractivity contribution in [2.75, 3.05) is 20.8 Å². The number of carboxylic acid groups (broad SMARTS) is 1. The molecule has 6 heteroatoms. The van der Waals surface area contributed by atoms with Crippen LogP contribution in [0, 0.1) is 6.92 Å². The Balaban J connectivity index is 2.23. The molecule has 0 aliphatic carbocycles. The standard InChI is InChI=1S/C20H19NO5/c1-12-4-6-16-14(8-12)15(21-11-20(22)23)10-18(26-16)13-5-7-17(24-2)19(9-13)25-3/h4-10H,11H2,1-3H3,(H,22,23). The largest absolute Gasteiger partial charge is 0.493 e. The van der Waals surface area contributed by atoms with Crippen molar-refractivity contribution in [3.05, 3.63) is 53.4 Å². The molecule has 0 aliphatic rings. The Bertz CT molecular complexity index is 1040. The third-order valence-corrected chi connectivity index (χ3v) is 3.95. The van der Waals surface area contributed by atoms with Crippen LogP contribution in [0.25, 0.3) is 22.3 Å². The van der Waals surface area contributed by atoms with E-state index in [0.29, 0.717) is 28.2 Å². The molecule has 0 saturated heterocycles. The molecule has 0 unspecified atom stereocenters. The molecule has 3 rings (SSSR count). The van der Waals surface area contributed by atoms with Gasteiger partial charge in [-0.2, -0.15) is 0 Å². The molecule has 1 N–H and O–H groups in total. The van der Waals surface area contributed by atoms with Gasteiger partial charge in [0.05, 0.1) is 19.6 Å². The second-order valence-electron chi connectivity index (χ2n) is 5.78. The van der Waals surface area contributed by atoms with Crippen LogP contribution in [0.5, 0.6) is 11.5 Å². The van der Waals surface area contributed by atoms with Crippen molar-refractivity contribution < 1.29 is 23.8 Å². The van der Waals surface area contributed by atoms with E-state index in [1.807, 2.05) is 31.2 Å². The fraction of sp³-hybridized carbons (Fsp3) is 0.200. The van der Waals surface area contributed by atoms with Gasteiger partial charge in [0, 0.05) is 17.0 Å². The Morgan fingerprint density at radius 3 is 2.54 bits per heavy atom. The number of hydrogen-bond acceptors (Lipinski definition) is 5. The first kappa shape index (κ1) is 17.5. The van der Waals surface area contributed by atoms with Crippen LogP contribution in [0.15, 0.2) is 51.9 Å². The summed E-state index contributed by atoms with van der Waals surface area (Å²) in [6, 6.07) is 12.9. The highest BCUT2D eigenvalue weighted by Gasteiger charge is 2.10. The van der Waals surface area contributed by atoms with Gasteiger partial charge in [0.2, 0.25) is 0 Å². The van der Waals surface area contributed by atoms with Crippen molar-refractivity contribution >= 4 is 16.9 Å². The lowest BCUT2D eigenvalue weighted by atomic mass is 10.1. The lowest BCUT2D eigenvalue weighted by Crippen LogP contribution is -2.09. The van der Waals surface area contributed by atoms with Gasteiger partial charge in [0.15, 0.2) is 11.5 Å². The van der Waals surface area contributed by atoms with Crippen LogP contribution in [0.3, 0.4) is 0 Å². The molecule has 0 spiro atoms. The fourth-order valence-electron chi connectivity index (χ4n) is 2.70. The predicted molar refractivity (Wildman–Crippen MR) is 97.6 cm³/mol. The summed E-state index contributed by atoms with van der Waals surface area (Å²) in [5.41, 5.74) is 2.45. The predicted octanol–water partition coefficient (Wildman–Crippen LogP) is 3.41. The average molecular weight is 353 g/mol. The highest BCUT2D eigenvalue weighted by molar-refractivity contribution is 5.80. The monoisotopic (exact) mass is 353 g/mol. The Morgan fingerprint density at radius 2 is 1.85 bits per heavy atom. The smallest absolute Gasteiger partial charge is 0.325 e. The third kappa shape index (κ3) is 3.54. The van der Waals surface area contributed by atoms with Crippen molar-refractivity contribution in [2.24, 2.45) is 4.99 Å². The van der Waals surface area contributed by atoms with Gasteiger partial charge in [-0.3, -0.25) is 9.79 Å². The number of carbonyl (C=O) groups is 1. The number of methoxy groups -OCH3 is 2. The van der Waals surface area contributed by atoms with Gasteiger partial charge >= 0.3 is 5.97 Å². The number of carboxylic acids is 1. The number of benzene rings is 2. The molecule has 3 aromatic rings. The van der Waals surface area contributed by atoms with E-state index in [2.05, 4.69) is 4.99 Å². The van der Waals surface area contributed by atoms with E-state index in [1.54, 1.807) is 32.4 Å². The SMILES string of the molecule is COc1ccc(-c2cc(=NCC(=O)O)c3cc(C)ccc3o2)cc1OC. The molecule has 134 valence electrons. The lowest BCUT2D eigenvalue weighted by molar-refractivity contribution is -0.135. The second kappa shape index (κ2) is 7.31. The zero-order valence-electron chi connectivity index (χ0n) is 14.8. The van der Waals surface area contributed by atoms with E-state index in [1.165, 1.54) is 0 Å². The minimum atomic E-state index is -0.987. The first-order valence-corrected chi connectivity index (χ1v) is 8.01. The molecule has 26 heavy (non-hydrogen) atoms. The normalized spacial score (nSPS) is 11.6. The van der Waals surface area contributed by atoms with E-state index in [-0.39, 0.29) is 6.54 Å². The Kier molecular flexibility index (Phi) is 4.93. The van der Waals surface area contributed by atoms with Gasteiger partial charge in [-0.15, -0.1) is 0 Å². The van der Waals surface area contributed by atoms with Gasteiger partial charge in [-0.05, 0) is 37.3 Å². The molecular formula is C20H19NO5. The second-order valence-corrected chi connectivity index (χ2v) is 5.78. The van der Waals surface area contributed by atoms with E-state index in [9.17, 15) is 4.79 Å². The number of rotatable bonds is 5.